The predicted molar refractivity (Wildman–Crippen MR) is 91.4 cm³/mol. The summed E-state index contributed by atoms with van der Waals surface area (Å²) in [5, 5.41) is 0. The first-order valence-corrected chi connectivity index (χ1v) is 7.19. The van der Waals surface area contributed by atoms with Gasteiger partial charge in [0.1, 0.15) is 11.6 Å². The molecule has 2 aromatic carbocycles. The third-order valence-electron chi connectivity index (χ3n) is 3.57. The second-order valence-corrected chi connectivity index (χ2v) is 5.30. The maximum Gasteiger partial charge on any atom is 0.251 e. The van der Waals surface area contributed by atoms with Crippen molar-refractivity contribution in [1.82, 2.24) is 9.97 Å². The second-order valence-electron chi connectivity index (χ2n) is 5.30. The van der Waals surface area contributed by atoms with Gasteiger partial charge in [-0.25, -0.2) is 4.98 Å². The number of rotatable bonds is 3. The van der Waals surface area contributed by atoms with Crippen LogP contribution in [0.3, 0.4) is 0 Å². The zero-order valence-corrected chi connectivity index (χ0v) is 13.0. The van der Waals surface area contributed by atoms with Gasteiger partial charge >= 0.3 is 0 Å². The Bertz CT molecular complexity index is 899. The molecule has 5 heteroatoms. The van der Waals surface area contributed by atoms with E-state index >= 15 is 0 Å². The van der Waals surface area contributed by atoms with E-state index in [2.05, 4.69) is 9.97 Å². The fourth-order valence-electron chi connectivity index (χ4n) is 2.37. The van der Waals surface area contributed by atoms with Crippen molar-refractivity contribution in [3.05, 3.63) is 64.4 Å². The highest BCUT2D eigenvalue weighted by Gasteiger charge is 2.11. The summed E-state index contributed by atoms with van der Waals surface area (Å²) in [5.74, 6) is 1.13. The molecule has 1 heterocycles. The zero-order chi connectivity index (χ0) is 16.4. The van der Waals surface area contributed by atoms with Crippen molar-refractivity contribution in [3.63, 3.8) is 0 Å². The number of ether oxygens (including phenoxy) is 1. The van der Waals surface area contributed by atoms with E-state index in [9.17, 15) is 4.79 Å². The van der Waals surface area contributed by atoms with Crippen LogP contribution in [0.4, 0.5) is 5.69 Å². The predicted octanol–water partition coefficient (Wildman–Crippen LogP) is 3.00. The molecule has 116 valence electrons. The van der Waals surface area contributed by atoms with Gasteiger partial charge in [-0.1, -0.05) is 29.8 Å². The Balaban J connectivity index is 2.17. The van der Waals surface area contributed by atoms with E-state index < -0.39 is 0 Å². The molecule has 0 aliphatic rings. The molecule has 0 spiro atoms. The Hall–Kier alpha value is -3.08. The average molecular weight is 307 g/mol. The van der Waals surface area contributed by atoms with E-state index in [4.69, 9.17) is 10.5 Å². The summed E-state index contributed by atoms with van der Waals surface area (Å²) in [4.78, 5) is 19.4. The second kappa shape index (κ2) is 5.96. The van der Waals surface area contributed by atoms with Crippen molar-refractivity contribution >= 4 is 5.69 Å². The summed E-state index contributed by atoms with van der Waals surface area (Å²) in [5.41, 5.74) is 9.41. The molecule has 5 nitrogen and oxygen atoms in total. The van der Waals surface area contributed by atoms with Gasteiger partial charge in [0.2, 0.25) is 0 Å². The minimum absolute atomic E-state index is 0.227. The van der Waals surface area contributed by atoms with Crippen molar-refractivity contribution in [2.24, 2.45) is 0 Å². The molecule has 0 fully saturated rings. The number of benzene rings is 2. The Morgan fingerprint density at radius 2 is 1.83 bits per heavy atom. The van der Waals surface area contributed by atoms with Gasteiger partial charge in [-0.2, -0.15) is 0 Å². The third-order valence-corrected chi connectivity index (χ3v) is 3.57. The topological polar surface area (TPSA) is 81.0 Å². The number of nitrogens with zero attached hydrogens (tertiary/aromatic N) is 1. The maximum absolute atomic E-state index is 12.0. The molecule has 3 rings (SSSR count). The number of H-pyrrole nitrogens is 1. The number of aromatic amines is 1. The highest BCUT2D eigenvalue weighted by atomic mass is 16.5. The molecule has 0 atom stereocenters. The average Bonchev–Trinajstić information content (AvgIpc) is 2.55. The number of hydrogen-bond acceptors (Lipinski definition) is 4. The molecule has 0 unspecified atom stereocenters. The SMILES string of the molecule is COc1ccc(N)cc1-c1cc(=O)[nH]c(-c2ccc(C)cc2)n1. The number of aryl methyl sites for hydroxylation is 1. The molecule has 0 aliphatic carbocycles. The van der Waals surface area contributed by atoms with Crippen LogP contribution >= 0.6 is 0 Å². The van der Waals surface area contributed by atoms with Crippen LogP contribution in [0.15, 0.2) is 53.3 Å². The fraction of sp³-hybridized carbons (Fsp3) is 0.111. The standard InChI is InChI=1S/C18H17N3O2/c1-11-3-5-12(6-4-11)18-20-15(10-17(22)21-18)14-9-13(19)7-8-16(14)23-2/h3-10H,19H2,1-2H3,(H,20,21,22). The Kier molecular flexibility index (Phi) is 3.85. The first-order valence-electron chi connectivity index (χ1n) is 7.19. The van der Waals surface area contributed by atoms with Crippen LogP contribution in [-0.4, -0.2) is 17.1 Å². The summed E-state index contributed by atoms with van der Waals surface area (Å²) in [6.07, 6.45) is 0. The van der Waals surface area contributed by atoms with Crippen molar-refractivity contribution in [2.45, 2.75) is 6.92 Å². The molecule has 0 aliphatic heterocycles. The molecule has 0 bridgehead atoms. The van der Waals surface area contributed by atoms with Crippen LogP contribution in [0.2, 0.25) is 0 Å². The quantitative estimate of drug-likeness (QED) is 0.729. The van der Waals surface area contributed by atoms with Crippen molar-refractivity contribution in [1.29, 1.82) is 0 Å². The summed E-state index contributed by atoms with van der Waals surface area (Å²) in [6, 6.07) is 14.5. The summed E-state index contributed by atoms with van der Waals surface area (Å²) in [6.45, 7) is 2.01. The van der Waals surface area contributed by atoms with E-state index in [1.165, 1.54) is 6.07 Å². The normalized spacial score (nSPS) is 10.5. The fourth-order valence-corrected chi connectivity index (χ4v) is 2.37. The van der Waals surface area contributed by atoms with E-state index in [-0.39, 0.29) is 5.56 Å². The van der Waals surface area contributed by atoms with E-state index in [0.717, 1.165) is 11.1 Å². The number of nitrogens with one attached hydrogen (secondary N) is 1. The highest BCUT2D eigenvalue weighted by Crippen LogP contribution is 2.30. The Labute approximate surface area is 133 Å². The van der Waals surface area contributed by atoms with Gasteiger partial charge in [0.25, 0.3) is 5.56 Å². The number of aromatic nitrogens is 2. The van der Waals surface area contributed by atoms with E-state index in [1.807, 2.05) is 31.2 Å². The lowest BCUT2D eigenvalue weighted by molar-refractivity contribution is 0.416. The third kappa shape index (κ3) is 3.08. The lowest BCUT2D eigenvalue weighted by Crippen LogP contribution is -2.09. The first kappa shape index (κ1) is 14.8. The molecule has 3 aromatic rings. The number of anilines is 1. The van der Waals surface area contributed by atoms with Crippen LogP contribution in [-0.2, 0) is 0 Å². The largest absolute Gasteiger partial charge is 0.496 e. The van der Waals surface area contributed by atoms with Gasteiger partial charge in [-0.05, 0) is 25.1 Å². The number of nitrogen functional groups attached to an aromatic ring is 1. The Morgan fingerprint density at radius 3 is 2.52 bits per heavy atom. The van der Waals surface area contributed by atoms with Gasteiger partial charge in [0.05, 0.1) is 12.8 Å². The monoisotopic (exact) mass is 307 g/mol. The van der Waals surface area contributed by atoms with Crippen molar-refractivity contribution in [2.75, 3.05) is 12.8 Å². The summed E-state index contributed by atoms with van der Waals surface area (Å²) >= 11 is 0. The minimum Gasteiger partial charge on any atom is -0.496 e. The summed E-state index contributed by atoms with van der Waals surface area (Å²) < 4.78 is 5.35. The van der Waals surface area contributed by atoms with Gasteiger partial charge in [-0.15, -0.1) is 0 Å². The minimum atomic E-state index is -0.227. The van der Waals surface area contributed by atoms with E-state index in [0.29, 0.717) is 28.5 Å². The summed E-state index contributed by atoms with van der Waals surface area (Å²) in [7, 11) is 1.57. The highest BCUT2D eigenvalue weighted by molar-refractivity contribution is 5.72. The number of nitrogens with two attached hydrogens (primary N) is 1. The number of methoxy groups -OCH3 is 1. The van der Waals surface area contributed by atoms with Crippen LogP contribution in [0, 0.1) is 6.92 Å². The molecule has 0 saturated carbocycles. The van der Waals surface area contributed by atoms with Crippen LogP contribution < -0.4 is 16.0 Å². The first-order chi connectivity index (χ1) is 11.1. The molecular weight excluding hydrogens is 290 g/mol. The van der Waals surface area contributed by atoms with Crippen molar-refractivity contribution < 1.29 is 4.74 Å². The molecular formula is C18H17N3O2. The zero-order valence-electron chi connectivity index (χ0n) is 13.0. The van der Waals surface area contributed by atoms with Gasteiger partial charge in [0.15, 0.2) is 0 Å². The maximum atomic E-state index is 12.0. The lowest BCUT2D eigenvalue weighted by atomic mass is 10.1. The van der Waals surface area contributed by atoms with E-state index in [1.54, 1.807) is 25.3 Å². The van der Waals surface area contributed by atoms with Crippen molar-refractivity contribution in [3.8, 4) is 28.4 Å². The molecule has 0 saturated heterocycles. The molecule has 0 radical (unpaired) electrons. The molecule has 23 heavy (non-hydrogen) atoms. The van der Waals surface area contributed by atoms with Gasteiger partial charge in [0, 0.05) is 22.9 Å². The lowest BCUT2D eigenvalue weighted by Gasteiger charge is -2.10. The van der Waals surface area contributed by atoms with Gasteiger partial charge < -0.3 is 15.5 Å². The van der Waals surface area contributed by atoms with Gasteiger partial charge in [-0.3, -0.25) is 4.79 Å². The molecule has 3 N–H and O–H groups in total. The van der Waals surface area contributed by atoms with Crippen LogP contribution in [0.5, 0.6) is 5.75 Å². The Morgan fingerprint density at radius 1 is 1.09 bits per heavy atom. The smallest absolute Gasteiger partial charge is 0.251 e. The molecule has 0 amide bonds. The van der Waals surface area contributed by atoms with Crippen LogP contribution in [0.1, 0.15) is 5.56 Å². The molecule has 1 aromatic heterocycles. The number of hydrogen-bond donors (Lipinski definition) is 2. The van der Waals surface area contributed by atoms with Crippen LogP contribution in [0.25, 0.3) is 22.6 Å².